The predicted octanol–water partition coefficient (Wildman–Crippen LogP) is 4.32. The maximum atomic E-state index is 13.3. The molecule has 2 N–H and O–H groups in total. The zero-order valence-corrected chi connectivity index (χ0v) is 19.2. The number of thiophene rings is 1. The first-order valence-electron chi connectivity index (χ1n) is 10.3. The molecular weight excluding hydrogens is 489 g/mol. The minimum atomic E-state index is -4.61. The molecule has 0 spiro atoms. The Morgan fingerprint density at radius 3 is 2.38 bits per heavy atom. The molecule has 7 nitrogen and oxygen atoms in total. The van der Waals surface area contributed by atoms with Crippen molar-refractivity contribution in [3.8, 4) is 0 Å². The summed E-state index contributed by atoms with van der Waals surface area (Å²) >= 11 is 2.65. The van der Waals surface area contributed by atoms with Crippen LogP contribution in [0.3, 0.4) is 0 Å². The van der Waals surface area contributed by atoms with Gasteiger partial charge in [-0.1, -0.05) is 12.1 Å². The Balaban J connectivity index is 1.33. The molecule has 3 aromatic rings. The Kier molecular flexibility index (Phi) is 6.98. The van der Waals surface area contributed by atoms with E-state index in [0.29, 0.717) is 23.4 Å². The maximum absolute atomic E-state index is 13.3. The van der Waals surface area contributed by atoms with Crippen LogP contribution in [-0.4, -0.2) is 40.7 Å². The number of piperidine rings is 1. The number of amides is 3. The molecule has 1 aromatic carbocycles. The van der Waals surface area contributed by atoms with Gasteiger partial charge in [0.15, 0.2) is 0 Å². The lowest BCUT2D eigenvalue weighted by Crippen LogP contribution is -2.41. The first kappa shape index (κ1) is 23.9. The van der Waals surface area contributed by atoms with E-state index in [9.17, 15) is 27.6 Å². The molecule has 12 heteroatoms. The monoisotopic (exact) mass is 508 g/mol. The van der Waals surface area contributed by atoms with Crippen LogP contribution in [0.5, 0.6) is 0 Å². The number of carbonyl (C=O) groups excluding carboxylic acids is 3. The summed E-state index contributed by atoms with van der Waals surface area (Å²) in [5.41, 5.74) is 3.95. The van der Waals surface area contributed by atoms with E-state index >= 15 is 0 Å². The number of hydrogen-bond acceptors (Lipinski definition) is 6. The quantitative estimate of drug-likeness (QED) is 0.514. The fourth-order valence-corrected chi connectivity index (χ4v) is 5.25. The van der Waals surface area contributed by atoms with E-state index in [-0.39, 0.29) is 30.3 Å². The van der Waals surface area contributed by atoms with Crippen LogP contribution in [0.2, 0.25) is 0 Å². The van der Waals surface area contributed by atoms with Gasteiger partial charge in [-0.3, -0.25) is 25.2 Å². The molecule has 0 unspecified atom stereocenters. The fourth-order valence-electron chi connectivity index (χ4n) is 3.64. The molecule has 0 bridgehead atoms. The van der Waals surface area contributed by atoms with E-state index in [1.54, 1.807) is 22.2 Å². The van der Waals surface area contributed by atoms with E-state index < -0.39 is 29.5 Å². The minimum Gasteiger partial charge on any atom is -0.339 e. The van der Waals surface area contributed by atoms with Crippen molar-refractivity contribution in [1.29, 1.82) is 0 Å². The van der Waals surface area contributed by atoms with Crippen LogP contribution < -0.4 is 10.9 Å². The van der Waals surface area contributed by atoms with Gasteiger partial charge >= 0.3 is 6.18 Å². The van der Waals surface area contributed by atoms with E-state index in [1.165, 1.54) is 45.8 Å². The summed E-state index contributed by atoms with van der Waals surface area (Å²) in [7, 11) is 0. The van der Waals surface area contributed by atoms with Crippen molar-refractivity contribution in [1.82, 2.24) is 20.7 Å². The van der Waals surface area contributed by atoms with E-state index in [2.05, 4.69) is 15.8 Å². The zero-order chi connectivity index (χ0) is 24.3. The molecule has 1 aliphatic rings. The summed E-state index contributed by atoms with van der Waals surface area (Å²) < 4.78 is 39.8. The number of likely N-dealkylation sites (tertiary alicyclic amines) is 1. The number of hydrogen-bond donors (Lipinski definition) is 2. The number of rotatable bonds is 4. The second-order valence-electron chi connectivity index (χ2n) is 7.60. The molecule has 1 fully saturated rings. The van der Waals surface area contributed by atoms with Crippen molar-refractivity contribution in [2.24, 2.45) is 0 Å². The van der Waals surface area contributed by atoms with Gasteiger partial charge in [-0.15, -0.1) is 11.3 Å². The van der Waals surface area contributed by atoms with Crippen molar-refractivity contribution >= 4 is 40.4 Å². The number of benzene rings is 1. The van der Waals surface area contributed by atoms with Crippen LogP contribution in [0, 0.1) is 0 Å². The summed E-state index contributed by atoms with van der Waals surface area (Å²) in [5, 5.41) is 5.69. The number of hydrazine groups is 1. The summed E-state index contributed by atoms with van der Waals surface area (Å²) in [4.78, 5) is 42.7. The largest absolute Gasteiger partial charge is 0.417 e. The average molecular weight is 509 g/mol. The Hall–Kier alpha value is -3.25. The first-order chi connectivity index (χ1) is 16.2. The summed E-state index contributed by atoms with van der Waals surface area (Å²) in [5.74, 6) is -1.66. The zero-order valence-electron chi connectivity index (χ0n) is 17.6. The van der Waals surface area contributed by atoms with Gasteiger partial charge < -0.3 is 4.90 Å². The van der Waals surface area contributed by atoms with Gasteiger partial charge in [0.05, 0.1) is 21.7 Å². The highest BCUT2D eigenvalue weighted by Crippen LogP contribution is 2.34. The Morgan fingerprint density at radius 2 is 1.71 bits per heavy atom. The van der Waals surface area contributed by atoms with Crippen molar-refractivity contribution in [3.05, 3.63) is 73.9 Å². The molecule has 3 amide bonds. The highest BCUT2D eigenvalue weighted by molar-refractivity contribution is 7.10. The van der Waals surface area contributed by atoms with Crippen LogP contribution in [0.25, 0.3) is 0 Å². The first-order valence-corrected chi connectivity index (χ1v) is 12.1. The highest BCUT2D eigenvalue weighted by atomic mass is 32.1. The molecule has 2 aromatic heterocycles. The SMILES string of the molecule is O=C(NNC(=O)c1csc(C2CCN(C(=O)c3ccccc3C(F)(F)F)CC2)n1)c1ccsc1. The molecule has 0 radical (unpaired) electrons. The molecule has 3 heterocycles. The standard InChI is InChI=1S/C22H19F3N4O3S2/c23-22(24,25)16-4-2-1-3-15(16)21(32)29-8-5-13(6-9-29)20-26-17(12-34-20)19(31)28-27-18(30)14-7-10-33-11-14/h1-4,7,10-13H,5-6,8-9H2,(H,27,30)(H,28,31). The number of halogens is 3. The summed E-state index contributed by atoms with van der Waals surface area (Å²) in [6.45, 7) is 0.570. The number of thiazole rings is 1. The second kappa shape index (κ2) is 9.94. The lowest BCUT2D eigenvalue weighted by atomic mass is 9.96. The van der Waals surface area contributed by atoms with Crippen molar-refractivity contribution in [2.45, 2.75) is 24.9 Å². The highest BCUT2D eigenvalue weighted by Gasteiger charge is 2.36. The molecular formula is C22H19F3N4O3S2. The van der Waals surface area contributed by atoms with Crippen molar-refractivity contribution in [2.75, 3.05) is 13.1 Å². The van der Waals surface area contributed by atoms with Crippen molar-refractivity contribution in [3.63, 3.8) is 0 Å². The van der Waals surface area contributed by atoms with Gasteiger partial charge in [-0.05, 0) is 36.4 Å². The van der Waals surface area contributed by atoms with Crippen molar-refractivity contribution < 1.29 is 27.6 Å². The third kappa shape index (κ3) is 5.28. The Bertz CT molecular complexity index is 1190. The summed E-state index contributed by atoms with van der Waals surface area (Å²) in [6.07, 6.45) is -3.57. The average Bonchev–Trinajstić information content (AvgIpc) is 3.54. The Labute approximate surface area is 200 Å². The molecule has 178 valence electrons. The van der Waals surface area contributed by atoms with Gasteiger partial charge in [-0.2, -0.15) is 24.5 Å². The van der Waals surface area contributed by atoms with E-state index in [1.807, 2.05) is 0 Å². The van der Waals surface area contributed by atoms with Crippen LogP contribution in [0.15, 0.2) is 46.5 Å². The van der Waals surface area contributed by atoms with E-state index in [0.717, 1.165) is 6.07 Å². The lowest BCUT2D eigenvalue weighted by molar-refractivity contribution is -0.138. The number of carbonyl (C=O) groups is 3. The van der Waals surface area contributed by atoms with E-state index in [4.69, 9.17) is 0 Å². The molecule has 0 aliphatic carbocycles. The van der Waals surface area contributed by atoms with Crippen LogP contribution in [-0.2, 0) is 6.18 Å². The molecule has 34 heavy (non-hydrogen) atoms. The molecule has 1 saturated heterocycles. The second-order valence-corrected chi connectivity index (χ2v) is 9.27. The van der Waals surface area contributed by atoms with Gasteiger partial charge in [0.1, 0.15) is 5.69 Å². The van der Waals surface area contributed by atoms with Gasteiger partial charge in [0.2, 0.25) is 0 Å². The molecule has 0 atom stereocenters. The molecule has 1 aliphatic heterocycles. The minimum absolute atomic E-state index is 0.0196. The lowest BCUT2D eigenvalue weighted by Gasteiger charge is -2.31. The number of alkyl halides is 3. The van der Waals surface area contributed by atoms with Crippen LogP contribution in [0.4, 0.5) is 13.2 Å². The molecule has 4 rings (SSSR count). The number of nitrogens with zero attached hydrogens (tertiary/aromatic N) is 2. The van der Waals surface area contributed by atoms with Gasteiger partial charge in [-0.25, -0.2) is 4.98 Å². The maximum Gasteiger partial charge on any atom is 0.417 e. The summed E-state index contributed by atoms with van der Waals surface area (Å²) in [6, 6.07) is 6.41. The Morgan fingerprint density at radius 1 is 1.00 bits per heavy atom. The smallest absolute Gasteiger partial charge is 0.339 e. The normalized spacial score (nSPS) is 14.6. The number of aromatic nitrogens is 1. The molecule has 0 saturated carbocycles. The fraction of sp³-hybridized carbons (Fsp3) is 0.273. The third-order valence-corrected chi connectivity index (χ3v) is 7.11. The van der Waals surface area contributed by atoms with Crippen LogP contribution >= 0.6 is 22.7 Å². The van der Waals surface area contributed by atoms with Gasteiger partial charge in [0, 0.05) is 29.8 Å². The topological polar surface area (TPSA) is 91.4 Å². The predicted molar refractivity (Wildman–Crippen MR) is 121 cm³/mol. The third-order valence-electron chi connectivity index (χ3n) is 5.42. The number of nitrogens with one attached hydrogen (secondary N) is 2. The van der Waals surface area contributed by atoms with Gasteiger partial charge in [0.25, 0.3) is 17.7 Å². The van der Waals surface area contributed by atoms with Crippen LogP contribution in [0.1, 0.15) is 60.5 Å².